The van der Waals surface area contributed by atoms with Gasteiger partial charge in [-0.1, -0.05) is 59.8 Å². The highest BCUT2D eigenvalue weighted by Crippen LogP contribution is 2.69. The van der Waals surface area contributed by atoms with Crippen LogP contribution in [-0.4, -0.2) is 51.6 Å². The van der Waals surface area contributed by atoms with Gasteiger partial charge < -0.3 is 26.3 Å². The van der Waals surface area contributed by atoms with Gasteiger partial charge in [0, 0.05) is 13.2 Å². The molecule has 4 aliphatic carbocycles. The second kappa shape index (κ2) is 17.6. The van der Waals surface area contributed by atoms with E-state index in [-0.39, 0.29) is 0 Å². The number of ether oxygens (including phenoxy) is 2. The van der Waals surface area contributed by atoms with E-state index in [9.17, 15) is 0 Å². The lowest BCUT2D eigenvalue weighted by Crippen LogP contribution is -2.59. The van der Waals surface area contributed by atoms with Crippen molar-refractivity contribution in [2.75, 3.05) is 39.4 Å². The minimum Gasteiger partial charge on any atom is -0.378 e. The Morgan fingerprint density at radius 3 is 2.26 bits per heavy atom. The molecule has 10 atom stereocenters. The summed E-state index contributed by atoms with van der Waals surface area (Å²) < 4.78 is 13.3. The van der Waals surface area contributed by atoms with Gasteiger partial charge in [0.1, 0.15) is 0 Å². The van der Waals surface area contributed by atoms with Crippen LogP contribution >= 0.6 is 0 Å². The van der Waals surface area contributed by atoms with E-state index in [2.05, 4.69) is 33.0 Å². The largest absolute Gasteiger partial charge is 0.378 e. The third-order valence-electron chi connectivity index (χ3n) is 13.5. The maximum Gasteiger partial charge on any atom is 0.0637 e. The van der Waals surface area contributed by atoms with Crippen molar-refractivity contribution < 1.29 is 9.47 Å². The third-order valence-corrected chi connectivity index (χ3v) is 13.5. The van der Waals surface area contributed by atoms with Gasteiger partial charge in [-0.3, -0.25) is 0 Å². The van der Waals surface area contributed by atoms with Gasteiger partial charge in [0.05, 0.1) is 12.2 Å². The Labute approximate surface area is 267 Å². The first-order chi connectivity index (χ1) is 20.9. The Bertz CT molecular complexity index is 780. The predicted molar refractivity (Wildman–Crippen MR) is 182 cm³/mol. The zero-order valence-electron chi connectivity index (χ0n) is 29.1. The summed E-state index contributed by atoms with van der Waals surface area (Å²) >= 11 is 0. The van der Waals surface area contributed by atoms with Crippen molar-refractivity contribution in [1.82, 2.24) is 5.32 Å². The molecule has 0 aliphatic heterocycles. The van der Waals surface area contributed by atoms with E-state index in [0.717, 1.165) is 74.7 Å². The Morgan fingerprint density at radius 1 is 0.767 bits per heavy atom. The molecule has 5 nitrogen and oxygen atoms in total. The van der Waals surface area contributed by atoms with Crippen molar-refractivity contribution in [2.24, 2.45) is 57.8 Å². The van der Waals surface area contributed by atoms with Gasteiger partial charge in [-0.05, 0) is 156 Å². The summed E-state index contributed by atoms with van der Waals surface area (Å²) in [5.74, 6) is 4.88. The first kappa shape index (κ1) is 35.7. The number of hydrogen-bond donors (Lipinski definition) is 3. The highest BCUT2D eigenvalue weighted by molar-refractivity contribution is 5.13. The lowest BCUT2D eigenvalue weighted by Gasteiger charge is -2.63. The molecular formula is C38H73N3O2. The van der Waals surface area contributed by atoms with Gasteiger partial charge in [0.15, 0.2) is 0 Å². The summed E-state index contributed by atoms with van der Waals surface area (Å²) in [7, 11) is 0. The highest BCUT2D eigenvalue weighted by atomic mass is 16.5. The normalized spacial score (nSPS) is 38.0. The van der Waals surface area contributed by atoms with Crippen LogP contribution in [0.5, 0.6) is 0 Å². The summed E-state index contributed by atoms with van der Waals surface area (Å²) in [5.41, 5.74) is 12.4. The van der Waals surface area contributed by atoms with E-state index in [0.29, 0.717) is 23.0 Å². The quantitative estimate of drug-likeness (QED) is 0.123. The average molecular weight is 604 g/mol. The minimum absolute atomic E-state index is 0.312. The molecule has 0 radical (unpaired) electrons. The molecule has 0 saturated heterocycles. The Kier molecular flexibility index (Phi) is 14.6. The van der Waals surface area contributed by atoms with Crippen molar-refractivity contribution in [3.8, 4) is 0 Å². The van der Waals surface area contributed by atoms with Crippen LogP contribution in [0.4, 0.5) is 0 Å². The second-order valence-corrected chi connectivity index (χ2v) is 16.0. The molecule has 4 fully saturated rings. The van der Waals surface area contributed by atoms with Crippen LogP contribution in [0.3, 0.4) is 0 Å². The van der Waals surface area contributed by atoms with E-state index in [4.69, 9.17) is 20.9 Å². The van der Waals surface area contributed by atoms with Gasteiger partial charge in [0.25, 0.3) is 0 Å². The summed E-state index contributed by atoms with van der Waals surface area (Å²) in [6, 6.07) is 0. The maximum atomic E-state index is 6.96. The fourth-order valence-electron chi connectivity index (χ4n) is 11.1. The van der Waals surface area contributed by atoms with Crippen LogP contribution in [0.25, 0.3) is 0 Å². The molecule has 0 aromatic heterocycles. The van der Waals surface area contributed by atoms with Crippen molar-refractivity contribution >= 4 is 0 Å². The molecule has 4 rings (SSSR count). The molecule has 4 saturated carbocycles. The Balaban J connectivity index is 1.35. The molecule has 0 heterocycles. The van der Waals surface area contributed by atoms with Gasteiger partial charge in [-0.2, -0.15) is 0 Å². The van der Waals surface area contributed by atoms with Gasteiger partial charge in [-0.25, -0.2) is 0 Å². The van der Waals surface area contributed by atoms with E-state index < -0.39 is 0 Å². The zero-order valence-corrected chi connectivity index (χ0v) is 29.1. The van der Waals surface area contributed by atoms with Crippen molar-refractivity contribution in [1.29, 1.82) is 0 Å². The van der Waals surface area contributed by atoms with E-state index in [1.807, 2.05) is 0 Å². The molecule has 0 bridgehead atoms. The number of hydrogen-bond acceptors (Lipinski definition) is 5. The molecular weight excluding hydrogens is 530 g/mol. The highest BCUT2D eigenvalue weighted by Gasteiger charge is 2.64. The minimum atomic E-state index is 0.312. The van der Waals surface area contributed by atoms with Crippen molar-refractivity contribution in [3.63, 3.8) is 0 Å². The lowest BCUT2D eigenvalue weighted by atomic mass is 9.43. The topological polar surface area (TPSA) is 82.5 Å². The number of nitrogens with one attached hydrogen (secondary N) is 1. The predicted octanol–water partition coefficient (Wildman–Crippen LogP) is 8.09. The molecule has 4 aliphatic rings. The van der Waals surface area contributed by atoms with Gasteiger partial charge >= 0.3 is 0 Å². The second-order valence-electron chi connectivity index (χ2n) is 16.0. The molecule has 5 N–H and O–H groups in total. The average Bonchev–Trinajstić information content (AvgIpc) is 3.37. The molecule has 252 valence electrons. The summed E-state index contributed by atoms with van der Waals surface area (Å²) in [6.45, 7) is 15.8. The fraction of sp³-hybridized carbons (Fsp3) is 1.00. The summed E-state index contributed by atoms with van der Waals surface area (Å²) in [5, 5.41) is 3.77. The van der Waals surface area contributed by atoms with E-state index in [1.165, 1.54) is 116 Å². The molecule has 0 unspecified atom stereocenters. The smallest absolute Gasteiger partial charge is 0.0637 e. The first-order valence-corrected chi connectivity index (χ1v) is 19.2. The van der Waals surface area contributed by atoms with Gasteiger partial charge in [0.2, 0.25) is 0 Å². The maximum absolute atomic E-state index is 6.96. The summed E-state index contributed by atoms with van der Waals surface area (Å²) in [6.07, 6.45) is 24.5. The monoisotopic (exact) mass is 604 g/mol. The van der Waals surface area contributed by atoms with Crippen LogP contribution in [0.1, 0.15) is 143 Å². The molecule has 0 aromatic carbocycles. The van der Waals surface area contributed by atoms with Gasteiger partial charge in [-0.15, -0.1) is 0 Å². The van der Waals surface area contributed by atoms with Crippen LogP contribution in [0.15, 0.2) is 0 Å². The van der Waals surface area contributed by atoms with Crippen LogP contribution in [0, 0.1) is 46.3 Å². The number of fused-ring (bicyclic) bond motifs is 5. The number of rotatable bonds is 20. The molecule has 0 spiro atoms. The number of unbranched alkanes of at least 4 members (excludes halogenated alkanes) is 5. The van der Waals surface area contributed by atoms with Crippen LogP contribution in [-0.2, 0) is 9.47 Å². The molecule has 5 heteroatoms. The standard InChI is InChI=1S/C38H73N3O2/c1-5-6-7-8-9-10-23-41-24-11-14-29(2)33-17-18-34-32-16-15-30-27-31(42-25-12-21-39)19-20-37(30,3)35(32)28-36(38(33,34)4)43-26-13-22-40/h29-36,41H,5-28,39-40H2,1-4H3/t29-,30-,31-,32+,33-,34+,35+,36+,37+,38-/m1/s1. The van der Waals surface area contributed by atoms with E-state index in [1.54, 1.807) is 0 Å². The number of nitrogens with two attached hydrogens (primary N) is 2. The Morgan fingerprint density at radius 2 is 1.49 bits per heavy atom. The molecule has 0 aromatic rings. The molecule has 0 amide bonds. The van der Waals surface area contributed by atoms with Crippen molar-refractivity contribution in [2.45, 2.75) is 155 Å². The Hall–Kier alpha value is -0.200. The van der Waals surface area contributed by atoms with E-state index >= 15 is 0 Å². The third kappa shape index (κ3) is 8.59. The van der Waals surface area contributed by atoms with Crippen LogP contribution < -0.4 is 16.8 Å². The zero-order chi connectivity index (χ0) is 30.7. The summed E-state index contributed by atoms with van der Waals surface area (Å²) in [4.78, 5) is 0. The van der Waals surface area contributed by atoms with Crippen molar-refractivity contribution in [3.05, 3.63) is 0 Å². The molecule has 43 heavy (non-hydrogen) atoms. The lowest BCUT2D eigenvalue weighted by molar-refractivity contribution is -0.192. The van der Waals surface area contributed by atoms with Crippen LogP contribution in [0.2, 0.25) is 0 Å². The fourth-order valence-corrected chi connectivity index (χ4v) is 11.1. The first-order valence-electron chi connectivity index (χ1n) is 19.2. The SMILES string of the molecule is CCCCCCCCNCCC[C@@H](C)[C@H]1CC[C@H]2[C@@H]3CC[C@@H]4C[C@H](OCCCN)CC[C@]4(C)[C@H]3C[C@H](OCCCN)[C@]12C.